The number of urea groups is 1. The van der Waals surface area contributed by atoms with Gasteiger partial charge in [0, 0.05) is 0 Å². The predicted octanol–water partition coefficient (Wildman–Crippen LogP) is 2.09. The highest BCUT2D eigenvalue weighted by Crippen LogP contribution is 2.19. The number of carbonyl (C=O) groups excluding carboxylic acids is 1. The van der Waals surface area contributed by atoms with Crippen molar-refractivity contribution in [3.63, 3.8) is 0 Å². The van der Waals surface area contributed by atoms with Gasteiger partial charge in [0.2, 0.25) is 0 Å². The molecule has 0 aromatic heterocycles. The topological polar surface area (TPSA) is 61.4 Å². The second-order valence-electron chi connectivity index (χ2n) is 3.22. The average Bonchev–Trinajstić information content (AvgIpc) is 2.29. The Morgan fingerprint density at radius 3 is 2.65 bits per heavy atom. The van der Waals surface area contributed by atoms with Crippen molar-refractivity contribution in [2.24, 2.45) is 0 Å². The molecular weight excluding hydrogens is 254 g/mol. The van der Waals surface area contributed by atoms with Crippen molar-refractivity contribution in [1.29, 1.82) is 0 Å². The van der Waals surface area contributed by atoms with Gasteiger partial charge in [-0.3, -0.25) is 0 Å². The third kappa shape index (κ3) is 4.54. The molecule has 94 valence electrons. The number of rotatable bonds is 4. The first-order chi connectivity index (χ1) is 8.00. The maximum atomic E-state index is 11.9. The fourth-order valence-electron chi connectivity index (χ4n) is 1.02. The van der Waals surface area contributed by atoms with E-state index in [0.717, 1.165) is 0 Å². The van der Waals surface area contributed by atoms with Gasteiger partial charge in [-0.15, -0.1) is 0 Å². The van der Waals surface area contributed by atoms with Crippen molar-refractivity contribution in [3.05, 3.63) is 29.3 Å². The molecule has 3 N–H and O–H groups in total. The second kappa shape index (κ2) is 6.36. The third-order valence-corrected chi connectivity index (χ3v) is 2.21. The zero-order chi connectivity index (χ0) is 12.8. The van der Waals surface area contributed by atoms with Crippen molar-refractivity contribution < 1.29 is 18.7 Å². The van der Waals surface area contributed by atoms with E-state index in [1.165, 1.54) is 0 Å². The van der Waals surface area contributed by atoms with Crippen molar-refractivity contribution in [2.45, 2.75) is 12.5 Å². The van der Waals surface area contributed by atoms with Gasteiger partial charge in [-0.2, -0.15) is 0 Å². The lowest BCUT2D eigenvalue weighted by Gasteiger charge is -2.12. The lowest BCUT2D eigenvalue weighted by atomic mass is 10.3. The first kappa shape index (κ1) is 13.7. The van der Waals surface area contributed by atoms with E-state index >= 15 is 0 Å². The highest BCUT2D eigenvalue weighted by atomic mass is 35.5. The summed E-state index contributed by atoms with van der Waals surface area (Å²) in [6, 6.07) is 5.77. The number of hydrogen-bond donors (Lipinski definition) is 3. The average molecular weight is 265 g/mol. The van der Waals surface area contributed by atoms with Crippen molar-refractivity contribution >= 4 is 23.3 Å². The highest BCUT2D eigenvalue weighted by molar-refractivity contribution is 6.33. The lowest BCUT2D eigenvalue weighted by Crippen LogP contribution is -2.38. The smallest absolute Gasteiger partial charge is 0.319 e. The fraction of sp³-hybridized carbons (Fsp3) is 0.300. The minimum Gasteiger partial charge on any atom is -0.385 e. The normalized spacial score (nSPS) is 12.3. The molecule has 4 nitrogen and oxygen atoms in total. The number of hydrogen-bond acceptors (Lipinski definition) is 2. The zero-order valence-corrected chi connectivity index (χ0v) is 9.42. The molecule has 7 heteroatoms. The zero-order valence-electron chi connectivity index (χ0n) is 8.66. The van der Waals surface area contributed by atoms with Crippen LogP contribution in [-0.2, 0) is 0 Å². The summed E-state index contributed by atoms with van der Waals surface area (Å²) in [4.78, 5) is 11.3. The Kier molecular flexibility index (Phi) is 5.11. The molecule has 0 heterocycles. The van der Waals surface area contributed by atoms with Gasteiger partial charge < -0.3 is 15.7 Å². The van der Waals surface area contributed by atoms with E-state index in [1.807, 2.05) is 0 Å². The minimum absolute atomic E-state index is 0.331. The minimum atomic E-state index is -2.89. The van der Waals surface area contributed by atoms with Gasteiger partial charge in [0.1, 0.15) is 6.10 Å². The Balaban J connectivity index is 2.43. The van der Waals surface area contributed by atoms with Gasteiger partial charge in [-0.25, -0.2) is 13.6 Å². The van der Waals surface area contributed by atoms with Gasteiger partial charge in [-0.1, -0.05) is 23.7 Å². The van der Waals surface area contributed by atoms with E-state index in [-0.39, 0.29) is 0 Å². The van der Waals surface area contributed by atoms with Gasteiger partial charge in [0.25, 0.3) is 6.43 Å². The number of carbonyl (C=O) groups is 1. The van der Waals surface area contributed by atoms with E-state index in [4.69, 9.17) is 16.7 Å². The molecule has 17 heavy (non-hydrogen) atoms. The first-order valence-corrected chi connectivity index (χ1v) is 5.14. The van der Waals surface area contributed by atoms with Crippen LogP contribution < -0.4 is 10.6 Å². The summed E-state index contributed by atoms with van der Waals surface area (Å²) < 4.78 is 23.9. The number of aliphatic hydroxyl groups excluding tert-OH is 1. The van der Waals surface area contributed by atoms with E-state index < -0.39 is 25.1 Å². The number of halogens is 3. The van der Waals surface area contributed by atoms with Crippen LogP contribution in [0.5, 0.6) is 0 Å². The van der Waals surface area contributed by atoms with Crippen molar-refractivity contribution in [1.82, 2.24) is 5.32 Å². The molecule has 1 unspecified atom stereocenters. The van der Waals surface area contributed by atoms with Crippen LogP contribution in [0.3, 0.4) is 0 Å². The molecule has 1 aromatic carbocycles. The van der Waals surface area contributed by atoms with Crippen LogP contribution in [0.4, 0.5) is 19.3 Å². The molecule has 2 amide bonds. The first-order valence-electron chi connectivity index (χ1n) is 4.76. The molecule has 0 aliphatic heterocycles. The summed E-state index contributed by atoms with van der Waals surface area (Å²) in [6.07, 6.45) is -4.78. The predicted molar refractivity (Wildman–Crippen MR) is 60.5 cm³/mol. The number of alkyl halides is 2. The van der Waals surface area contributed by atoms with E-state index in [1.54, 1.807) is 24.3 Å². The van der Waals surface area contributed by atoms with Crippen LogP contribution in [0, 0.1) is 0 Å². The van der Waals surface area contributed by atoms with Gasteiger partial charge in [-0.05, 0) is 12.1 Å². The summed E-state index contributed by atoms with van der Waals surface area (Å²) in [5.74, 6) is 0. The van der Waals surface area contributed by atoms with Crippen LogP contribution in [0.1, 0.15) is 0 Å². The summed E-state index contributed by atoms with van der Waals surface area (Å²) in [7, 11) is 0. The standard InChI is InChI=1S/C10H11ClF2N2O2/c11-6-3-1-2-4-7(6)15-10(17)14-5-8(16)9(12)13/h1-4,8-9,16H,5H2,(H2,14,15,17). The van der Waals surface area contributed by atoms with Crippen LogP contribution in [-0.4, -0.2) is 30.2 Å². The van der Waals surface area contributed by atoms with Crippen LogP contribution in [0.15, 0.2) is 24.3 Å². The lowest BCUT2D eigenvalue weighted by molar-refractivity contribution is -0.00155. The maximum absolute atomic E-state index is 11.9. The molecule has 1 aromatic rings. The molecule has 0 saturated carbocycles. The number of nitrogens with one attached hydrogen (secondary N) is 2. The van der Waals surface area contributed by atoms with E-state index in [0.29, 0.717) is 10.7 Å². The molecule has 0 radical (unpaired) electrons. The molecule has 0 aliphatic carbocycles. The fourth-order valence-corrected chi connectivity index (χ4v) is 1.20. The SMILES string of the molecule is O=C(NCC(O)C(F)F)Nc1ccccc1Cl. The summed E-state index contributed by atoms with van der Waals surface area (Å²) >= 11 is 5.77. The van der Waals surface area contributed by atoms with Crippen LogP contribution in [0.2, 0.25) is 5.02 Å². The second-order valence-corrected chi connectivity index (χ2v) is 3.62. The summed E-state index contributed by atoms with van der Waals surface area (Å²) in [5.41, 5.74) is 0.359. The van der Waals surface area contributed by atoms with E-state index in [2.05, 4.69) is 10.6 Å². The molecule has 1 atom stereocenters. The van der Waals surface area contributed by atoms with Gasteiger partial charge in [0.05, 0.1) is 17.3 Å². The highest BCUT2D eigenvalue weighted by Gasteiger charge is 2.17. The molecule has 0 fully saturated rings. The number of para-hydroxylation sites is 1. The number of anilines is 1. The van der Waals surface area contributed by atoms with Crippen molar-refractivity contribution in [2.75, 3.05) is 11.9 Å². The molecule has 0 aliphatic rings. The van der Waals surface area contributed by atoms with Gasteiger partial charge >= 0.3 is 6.03 Å². The quantitative estimate of drug-likeness (QED) is 0.780. The molecule has 0 saturated heterocycles. The Bertz CT molecular complexity index is 390. The van der Waals surface area contributed by atoms with Crippen LogP contribution in [0.25, 0.3) is 0 Å². The number of benzene rings is 1. The number of amides is 2. The summed E-state index contributed by atoms with van der Waals surface area (Å²) in [5, 5.41) is 13.6. The number of aliphatic hydroxyl groups is 1. The van der Waals surface area contributed by atoms with E-state index in [9.17, 15) is 13.6 Å². The Morgan fingerprint density at radius 1 is 1.41 bits per heavy atom. The molecule has 1 rings (SSSR count). The van der Waals surface area contributed by atoms with Crippen molar-refractivity contribution in [3.8, 4) is 0 Å². The molecular formula is C10H11ClF2N2O2. The third-order valence-electron chi connectivity index (χ3n) is 1.88. The molecule has 0 spiro atoms. The van der Waals surface area contributed by atoms with Crippen LogP contribution >= 0.6 is 11.6 Å². The Hall–Kier alpha value is -1.40. The monoisotopic (exact) mass is 264 g/mol. The summed E-state index contributed by atoms with van der Waals surface area (Å²) in [6.45, 7) is -0.534. The van der Waals surface area contributed by atoms with Gasteiger partial charge in [0.15, 0.2) is 0 Å². The molecule has 0 bridgehead atoms. The Morgan fingerprint density at radius 2 is 2.06 bits per heavy atom. The Labute approximate surface area is 102 Å². The largest absolute Gasteiger partial charge is 0.385 e. The maximum Gasteiger partial charge on any atom is 0.319 e.